The molecule has 2 fully saturated rings. The number of morpholine rings is 2. The lowest BCUT2D eigenvalue weighted by molar-refractivity contribution is 0.109. The van der Waals surface area contributed by atoms with E-state index in [1.165, 1.54) is 21.3 Å². The van der Waals surface area contributed by atoms with E-state index in [-0.39, 0.29) is 7.43 Å². The lowest BCUT2D eigenvalue weighted by atomic mass is 10.2. The van der Waals surface area contributed by atoms with Crippen LogP contribution in [0.4, 0.5) is 5.69 Å². The molecule has 0 aromatic heterocycles. The fourth-order valence-corrected chi connectivity index (χ4v) is 4.62. The molecule has 0 spiro atoms. The zero-order valence-electron chi connectivity index (χ0n) is 16.6. The standard InChI is InChI=1S/C11H14BrNO.C7H6Br2.C4H9NO.CH4/c12-9-10-3-1-2-4-11(10)13-5-7-14-8-6-13;8-5-6-3-1-2-4-7(6)9;1-3-6-4-2-5-1;/h1-4H,5-9H2;1-4H,5H2;5H,1-4H2;1H4. The van der Waals surface area contributed by atoms with Crippen molar-refractivity contribution in [3.05, 3.63) is 64.1 Å². The summed E-state index contributed by atoms with van der Waals surface area (Å²) in [4.78, 5) is 2.39. The average molecular weight is 609 g/mol. The number of benzene rings is 2. The molecule has 4 nitrogen and oxygen atoms in total. The minimum atomic E-state index is 0. The number of alkyl halides is 2. The van der Waals surface area contributed by atoms with Gasteiger partial charge in [-0.05, 0) is 23.3 Å². The Morgan fingerprint density at radius 3 is 1.77 bits per heavy atom. The summed E-state index contributed by atoms with van der Waals surface area (Å²) in [5, 5.41) is 4.99. The summed E-state index contributed by atoms with van der Waals surface area (Å²) < 4.78 is 11.5. The van der Waals surface area contributed by atoms with Crippen LogP contribution in [0.5, 0.6) is 0 Å². The van der Waals surface area contributed by atoms with Crippen molar-refractivity contribution in [1.29, 1.82) is 0 Å². The smallest absolute Gasteiger partial charge is 0.0642 e. The van der Waals surface area contributed by atoms with Crippen LogP contribution in [0.1, 0.15) is 18.6 Å². The molecule has 0 atom stereocenters. The number of anilines is 1. The minimum Gasteiger partial charge on any atom is -0.379 e. The molecule has 0 radical (unpaired) electrons. The predicted molar refractivity (Wildman–Crippen MR) is 139 cm³/mol. The molecule has 0 aliphatic carbocycles. The van der Waals surface area contributed by atoms with Crippen molar-refractivity contribution in [2.45, 2.75) is 18.1 Å². The Hall–Kier alpha value is -0.440. The highest BCUT2D eigenvalue weighted by atomic mass is 79.9. The van der Waals surface area contributed by atoms with Crippen LogP contribution >= 0.6 is 47.8 Å². The van der Waals surface area contributed by atoms with Crippen molar-refractivity contribution >= 4 is 53.5 Å². The zero-order valence-corrected chi connectivity index (χ0v) is 21.3. The van der Waals surface area contributed by atoms with Crippen molar-refractivity contribution in [2.24, 2.45) is 0 Å². The fraction of sp³-hybridized carbons (Fsp3) is 0.478. The molecule has 2 aromatic rings. The molecule has 0 unspecified atom stereocenters. The second-order valence-electron chi connectivity index (χ2n) is 6.45. The first-order valence-corrected chi connectivity index (χ1v) is 12.8. The molecule has 0 amide bonds. The van der Waals surface area contributed by atoms with Crippen molar-refractivity contribution in [3.63, 3.8) is 0 Å². The summed E-state index contributed by atoms with van der Waals surface area (Å²) in [5.41, 5.74) is 3.99. The first-order chi connectivity index (χ1) is 14.3. The molecule has 2 saturated heterocycles. The molecule has 2 aliphatic rings. The number of hydrogen-bond acceptors (Lipinski definition) is 4. The van der Waals surface area contributed by atoms with Gasteiger partial charge in [0, 0.05) is 47.0 Å². The summed E-state index contributed by atoms with van der Waals surface area (Å²) >= 11 is 10.3. The van der Waals surface area contributed by atoms with Crippen LogP contribution < -0.4 is 10.2 Å². The molecular weight excluding hydrogens is 576 g/mol. The van der Waals surface area contributed by atoms with Gasteiger partial charge in [-0.3, -0.25) is 0 Å². The van der Waals surface area contributed by atoms with Crippen LogP contribution in [-0.2, 0) is 20.1 Å². The van der Waals surface area contributed by atoms with Crippen LogP contribution in [0, 0.1) is 0 Å². The Bertz CT molecular complexity index is 682. The third-order valence-corrected chi connectivity index (χ3v) is 6.42. The van der Waals surface area contributed by atoms with Gasteiger partial charge in [-0.15, -0.1) is 0 Å². The fourth-order valence-electron chi connectivity index (χ4n) is 2.86. The van der Waals surface area contributed by atoms with E-state index in [1.807, 2.05) is 18.2 Å². The monoisotopic (exact) mass is 606 g/mol. The molecule has 4 rings (SSSR count). The minimum absolute atomic E-state index is 0. The van der Waals surface area contributed by atoms with Crippen LogP contribution in [0.25, 0.3) is 0 Å². The largest absolute Gasteiger partial charge is 0.379 e. The first kappa shape index (κ1) is 27.6. The maximum Gasteiger partial charge on any atom is 0.0642 e. The summed E-state index contributed by atoms with van der Waals surface area (Å²) in [6.07, 6.45) is 0. The Labute approximate surface area is 207 Å². The number of hydrogen-bond donors (Lipinski definition) is 1. The Morgan fingerprint density at radius 2 is 1.30 bits per heavy atom. The number of nitrogens with one attached hydrogen (secondary N) is 1. The third-order valence-electron chi connectivity index (χ3n) is 4.44. The van der Waals surface area contributed by atoms with Crippen LogP contribution in [0.2, 0.25) is 0 Å². The summed E-state index contributed by atoms with van der Waals surface area (Å²) in [6.45, 7) is 7.53. The van der Waals surface area contributed by atoms with Crippen LogP contribution in [-0.4, -0.2) is 52.6 Å². The molecule has 0 bridgehead atoms. The van der Waals surface area contributed by atoms with Gasteiger partial charge in [-0.2, -0.15) is 0 Å². The van der Waals surface area contributed by atoms with Gasteiger partial charge in [0.2, 0.25) is 0 Å². The first-order valence-electron chi connectivity index (χ1n) is 9.80. The van der Waals surface area contributed by atoms with E-state index in [0.29, 0.717) is 0 Å². The number of halogens is 3. The zero-order chi connectivity index (χ0) is 20.7. The van der Waals surface area contributed by atoms with Crippen molar-refractivity contribution in [2.75, 3.05) is 57.5 Å². The topological polar surface area (TPSA) is 33.7 Å². The Balaban J connectivity index is 0.000000242. The van der Waals surface area contributed by atoms with Gasteiger partial charge in [0.1, 0.15) is 0 Å². The molecular formula is C23H33Br3N2O2. The quantitative estimate of drug-likeness (QED) is 0.433. The molecule has 1 N–H and O–H groups in total. The van der Waals surface area contributed by atoms with Gasteiger partial charge in [0.25, 0.3) is 0 Å². The lowest BCUT2D eigenvalue weighted by Gasteiger charge is -2.30. The lowest BCUT2D eigenvalue weighted by Crippen LogP contribution is -2.36. The summed E-state index contributed by atoms with van der Waals surface area (Å²) in [6, 6.07) is 16.7. The third kappa shape index (κ3) is 10.2. The highest BCUT2D eigenvalue weighted by Gasteiger charge is 2.13. The maximum absolute atomic E-state index is 5.34. The molecule has 0 saturated carbocycles. The van der Waals surface area contributed by atoms with E-state index < -0.39 is 0 Å². The normalized spacial score (nSPS) is 15.6. The highest BCUT2D eigenvalue weighted by Crippen LogP contribution is 2.23. The van der Waals surface area contributed by atoms with E-state index in [9.17, 15) is 0 Å². The van der Waals surface area contributed by atoms with E-state index in [1.54, 1.807) is 0 Å². The van der Waals surface area contributed by atoms with Crippen molar-refractivity contribution in [1.82, 2.24) is 5.32 Å². The van der Waals surface area contributed by atoms with Crippen molar-refractivity contribution in [3.8, 4) is 0 Å². The van der Waals surface area contributed by atoms with E-state index in [4.69, 9.17) is 9.47 Å². The number of ether oxygens (including phenoxy) is 2. The van der Waals surface area contributed by atoms with E-state index in [0.717, 1.165) is 63.3 Å². The van der Waals surface area contributed by atoms with Gasteiger partial charge in [-0.1, -0.05) is 91.6 Å². The van der Waals surface area contributed by atoms with Gasteiger partial charge < -0.3 is 19.7 Å². The number of nitrogens with zero attached hydrogens (tertiary/aromatic N) is 1. The molecule has 2 aromatic carbocycles. The number of para-hydroxylation sites is 1. The van der Waals surface area contributed by atoms with E-state index in [2.05, 4.69) is 88.3 Å². The Morgan fingerprint density at radius 1 is 0.767 bits per heavy atom. The second kappa shape index (κ2) is 17.2. The maximum atomic E-state index is 5.34. The number of rotatable bonds is 3. The highest BCUT2D eigenvalue weighted by molar-refractivity contribution is 9.10. The predicted octanol–water partition coefficient (Wildman–Crippen LogP) is 6.00. The summed E-state index contributed by atoms with van der Waals surface area (Å²) in [7, 11) is 0. The second-order valence-corrected chi connectivity index (χ2v) is 8.42. The van der Waals surface area contributed by atoms with Gasteiger partial charge in [0.15, 0.2) is 0 Å². The SMILES string of the molecule is BrCc1ccccc1Br.BrCc1ccccc1N1CCOCC1.C.C1COCCN1. The summed E-state index contributed by atoms with van der Waals surface area (Å²) in [5.74, 6) is 0. The van der Waals surface area contributed by atoms with Gasteiger partial charge in [0.05, 0.1) is 26.4 Å². The van der Waals surface area contributed by atoms with Crippen LogP contribution in [0.15, 0.2) is 53.0 Å². The van der Waals surface area contributed by atoms with Crippen LogP contribution in [0.3, 0.4) is 0 Å². The molecule has 30 heavy (non-hydrogen) atoms. The van der Waals surface area contributed by atoms with Gasteiger partial charge in [-0.25, -0.2) is 0 Å². The molecule has 2 aliphatic heterocycles. The molecule has 168 valence electrons. The van der Waals surface area contributed by atoms with Gasteiger partial charge >= 0.3 is 0 Å². The van der Waals surface area contributed by atoms with E-state index >= 15 is 0 Å². The molecule has 7 heteroatoms. The average Bonchev–Trinajstić information content (AvgIpc) is 2.82. The van der Waals surface area contributed by atoms with Crippen molar-refractivity contribution < 1.29 is 9.47 Å². The molecule has 2 heterocycles. The Kier molecular flexibility index (Phi) is 15.8.